The highest BCUT2D eigenvalue weighted by Gasteiger charge is 2.37. The Labute approximate surface area is 173 Å². The first kappa shape index (κ1) is 21.2. The number of carbonyl (C=O) groups is 2. The van der Waals surface area contributed by atoms with Crippen LogP contribution in [0, 0.1) is 5.92 Å². The molecule has 1 aliphatic carbocycles. The van der Waals surface area contributed by atoms with Gasteiger partial charge >= 0.3 is 0 Å². The number of ketones is 2. The molecule has 0 bridgehead atoms. The van der Waals surface area contributed by atoms with Gasteiger partial charge in [-0.05, 0) is 36.2 Å². The highest BCUT2D eigenvalue weighted by atomic mass is 35.5. The Kier molecular flexibility index (Phi) is 7.19. The Morgan fingerprint density at radius 3 is 2.31 bits per heavy atom. The predicted octanol–water partition coefficient (Wildman–Crippen LogP) is 3.02. The van der Waals surface area contributed by atoms with Gasteiger partial charge in [0.2, 0.25) is 0 Å². The van der Waals surface area contributed by atoms with Crippen LogP contribution in [0.15, 0.2) is 30.5 Å². The smallest absolute Gasteiger partial charge is 0.175 e. The molecule has 0 spiro atoms. The summed E-state index contributed by atoms with van der Waals surface area (Å²) < 4.78 is 21.5. The van der Waals surface area contributed by atoms with Crippen molar-refractivity contribution in [2.75, 3.05) is 40.6 Å². The van der Waals surface area contributed by atoms with Crippen LogP contribution in [-0.4, -0.2) is 57.2 Å². The molecule has 0 radical (unpaired) electrons. The molecule has 8 heteroatoms. The molecule has 29 heavy (non-hydrogen) atoms. The average molecular weight is 420 g/mol. The fraction of sp³-hybridized carbons (Fsp3) is 0.381. The van der Waals surface area contributed by atoms with E-state index in [1.807, 2.05) is 0 Å². The second kappa shape index (κ2) is 9.82. The molecule has 1 atom stereocenters. The number of aromatic nitrogens is 1. The van der Waals surface area contributed by atoms with E-state index in [1.165, 1.54) is 12.3 Å². The first-order chi connectivity index (χ1) is 14.0. The summed E-state index contributed by atoms with van der Waals surface area (Å²) in [5, 5.41) is 0.290. The van der Waals surface area contributed by atoms with Crippen LogP contribution >= 0.6 is 11.6 Å². The molecule has 1 heterocycles. The van der Waals surface area contributed by atoms with Crippen molar-refractivity contribution in [1.29, 1.82) is 0 Å². The summed E-state index contributed by atoms with van der Waals surface area (Å²) in [7, 11) is 3.16. The van der Waals surface area contributed by atoms with Crippen LogP contribution < -0.4 is 9.47 Å². The lowest BCUT2D eigenvalue weighted by atomic mass is 9.95. The monoisotopic (exact) mass is 419 g/mol. The van der Waals surface area contributed by atoms with Gasteiger partial charge in [0, 0.05) is 31.5 Å². The summed E-state index contributed by atoms with van der Waals surface area (Å²) in [6.07, 6.45) is 1.69. The third kappa shape index (κ3) is 4.93. The van der Waals surface area contributed by atoms with Gasteiger partial charge in [0.25, 0.3) is 0 Å². The molecular formula is C21H22ClNO6. The molecule has 0 aliphatic heterocycles. The van der Waals surface area contributed by atoms with Gasteiger partial charge in [0.1, 0.15) is 18.4 Å². The molecule has 0 saturated heterocycles. The van der Waals surface area contributed by atoms with Crippen molar-refractivity contribution in [1.82, 2.24) is 4.98 Å². The normalized spacial score (nSPS) is 15.3. The third-order valence-corrected chi connectivity index (χ3v) is 4.82. The number of ether oxygens (including phenoxy) is 4. The third-order valence-electron chi connectivity index (χ3n) is 4.59. The minimum absolute atomic E-state index is 0.236. The molecular weight excluding hydrogens is 398 g/mol. The van der Waals surface area contributed by atoms with E-state index in [1.54, 1.807) is 32.4 Å². The average Bonchev–Trinajstić information content (AvgIpc) is 3.04. The van der Waals surface area contributed by atoms with E-state index >= 15 is 0 Å². The molecule has 0 saturated carbocycles. The number of Topliss-reactive ketones (excluding diaryl/α,β-unsaturated/α-hetero) is 2. The van der Waals surface area contributed by atoms with Crippen LogP contribution in [0.3, 0.4) is 0 Å². The molecule has 1 aromatic carbocycles. The Bertz CT molecular complexity index is 883. The van der Waals surface area contributed by atoms with Crippen molar-refractivity contribution in [3.8, 4) is 11.5 Å². The minimum atomic E-state index is -0.797. The molecule has 2 aromatic rings. The zero-order valence-electron chi connectivity index (χ0n) is 16.3. The van der Waals surface area contributed by atoms with Gasteiger partial charge in [-0.25, -0.2) is 4.98 Å². The van der Waals surface area contributed by atoms with Crippen molar-refractivity contribution in [3.63, 3.8) is 0 Å². The second-order valence-electron chi connectivity index (χ2n) is 6.49. The number of fused-ring (bicyclic) bond motifs is 1. The van der Waals surface area contributed by atoms with Crippen molar-refractivity contribution < 1.29 is 28.5 Å². The molecule has 7 nitrogen and oxygen atoms in total. The Morgan fingerprint density at radius 2 is 1.72 bits per heavy atom. The number of halogens is 1. The van der Waals surface area contributed by atoms with Crippen LogP contribution in [0.25, 0.3) is 0 Å². The lowest BCUT2D eigenvalue weighted by Crippen LogP contribution is -2.21. The molecule has 154 valence electrons. The summed E-state index contributed by atoms with van der Waals surface area (Å²) in [4.78, 5) is 29.7. The van der Waals surface area contributed by atoms with E-state index in [9.17, 15) is 9.59 Å². The number of hydrogen-bond acceptors (Lipinski definition) is 7. The van der Waals surface area contributed by atoms with Gasteiger partial charge < -0.3 is 18.9 Å². The van der Waals surface area contributed by atoms with E-state index < -0.39 is 5.92 Å². The predicted molar refractivity (Wildman–Crippen MR) is 106 cm³/mol. The van der Waals surface area contributed by atoms with E-state index in [2.05, 4.69) is 4.98 Å². The lowest BCUT2D eigenvalue weighted by molar-refractivity contribution is 0.0822. The fourth-order valence-corrected chi connectivity index (χ4v) is 3.24. The fourth-order valence-electron chi connectivity index (χ4n) is 3.13. The number of methoxy groups -OCH3 is 2. The number of carbonyl (C=O) groups excluding carboxylic acids is 2. The van der Waals surface area contributed by atoms with Gasteiger partial charge in [-0.15, -0.1) is 0 Å². The summed E-state index contributed by atoms with van der Waals surface area (Å²) >= 11 is 5.78. The number of rotatable bonds is 10. The van der Waals surface area contributed by atoms with Crippen LogP contribution in [-0.2, 0) is 15.9 Å². The van der Waals surface area contributed by atoms with E-state index in [-0.39, 0.29) is 11.6 Å². The first-order valence-corrected chi connectivity index (χ1v) is 9.53. The maximum absolute atomic E-state index is 12.9. The van der Waals surface area contributed by atoms with Crippen LogP contribution in [0.4, 0.5) is 0 Å². The van der Waals surface area contributed by atoms with Gasteiger partial charge in [-0.3, -0.25) is 9.59 Å². The van der Waals surface area contributed by atoms with Gasteiger partial charge in [-0.1, -0.05) is 11.6 Å². The van der Waals surface area contributed by atoms with E-state index in [0.717, 1.165) is 5.56 Å². The molecule has 1 aliphatic rings. The van der Waals surface area contributed by atoms with Crippen LogP contribution in [0.2, 0.25) is 5.15 Å². The molecule has 3 rings (SSSR count). The molecule has 1 unspecified atom stereocenters. The van der Waals surface area contributed by atoms with Crippen molar-refractivity contribution in [2.24, 2.45) is 5.92 Å². The van der Waals surface area contributed by atoms with E-state index in [0.29, 0.717) is 60.6 Å². The highest BCUT2D eigenvalue weighted by molar-refractivity contribution is 6.29. The zero-order valence-corrected chi connectivity index (χ0v) is 17.0. The molecule has 0 fully saturated rings. The molecule has 1 aromatic heterocycles. The maximum Gasteiger partial charge on any atom is 0.175 e. The van der Waals surface area contributed by atoms with Crippen molar-refractivity contribution >= 4 is 23.2 Å². The molecule has 0 N–H and O–H groups in total. The summed E-state index contributed by atoms with van der Waals surface area (Å²) in [5.41, 5.74) is 1.58. The standard InChI is InChI=1S/C21H22ClNO6/c1-26-5-7-28-17-10-14-9-16(20(24)13-3-4-19(22)23-12-13)21(25)15(14)11-18(17)29-8-6-27-2/h3-4,10-12,16H,5-9H2,1-2H3. The summed E-state index contributed by atoms with van der Waals surface area (Å²) in [6.45, 7) is 1.46. The zero-order chi connectivity index (χ0) is 20.8. The lowest BCUT2D eigenvalue weighted by Gasteiger charge is -2.14. The number of hydrogen-bond donors (Lipinski definition) is 0. The SMILES string of the molecule is COCCOc1cc2c(cc1OCCOC)C(=O)C(C(=O)c1ccc(Cl)nc1)C2. The quantitative estimate of drug-likeness (QED) is 0.253. The minimum Gasteiger partial charge on any atom is -0.487 e. The van der Waals surface area contributed by atoms with Gasteiger partial charge in [0.05, 0.1) is 19.1 Å². The Hall–Kier alpha value is -2.48. The van der Waals surface area contributed by atoms with Crippen LogP contribution in [0.1, 0.15) is 26.3 Å². The maximum atomic E-state index is 12.9. The van der Waals surface area contributed by atoms with E-state index in [4.69, 9.17) is 30.5 Å². The first-order valence-electron chi connectivity index (χ1n) is 9.15. The number of pyridine rings is 1. The largest absolute Gasteiger partial charge is 0.487 e. The van der Waals surface area contributed by atoms with Gasteiger partial charge in [0.15, 0.2) is 23.1 Å². The second-order valence-corrected chi connectivity index (χ2v) is 6.88. The topological polar surface area (TPSA) is 84.0 Å². The van der Waals surface area contributed by atoms with Gasteiger partial charge in [-0.2, -0.15) is 0 Å². The van der Waals surface area contributed by atoms with Crippen LogP contribution in [0.5, 0.6) is 11.5 Å². The van der Waals surface area contributed by atoms with Crippen molar-refractivity contribution in [3.05, 3.63) is 52.3 Å². The summed E-state index contributed by atoms with van der Waals surface area (Å²) in [6, 6.07) is 6.51. The van der Waals surface area contributed by atoms with Crippen molar-refractivity contribution in [2.45, 2.75) is 6.42 Å². The number of benzene rings is 1. The summed E-state index contributed by atoms with van der Waals surface area (Å²) in [5.74, 6) is -0.370. The Morgan fingerprint density at radius 1 is 1.07 bits per heavy atom. The number of nitrogens with zero attached hydrogens (tertiary/aromatic N) is 1. The molecule has 0 amide bonds. The Balaban J connectivity index is 1.84. The highest BCUT2D eigenvalue weighted by Crippen LogP contribution is 2.38.